The Bertz CT molecular complexity index is 964. The van der Waals surface area contributed by atoms with E-state index < -0.39 is 9.84 Å². The number of nitrogens with zero attached hydrogens (tertiary/aromatic N) is 1. The highest BCUT2D eigenvalue weighted by atomic mass is 32.2. The van der Waals surface area contributed by atoms with Crippen LogP contribution in [0.5, 0.6) is 5.75 Å². The largest absolute Gasteiger partial charge is 0.489 e. The molecular weight excluding hydrogens is 371 g/mol. The van der Waals surface area contributed by atoms with Gasteiger partial charge in [-0.1, -0.05) is 0 Å². The van der Waals surface area contributed by atoms with Crippen molar-refractivity contribution in [1.82, 2.24) is 4.57 Å². The van der Waals surface area contributed by atoms with Crippen LogP contribution in [0.25, 0.3) is 0 Å². The number of rotatable bonds is 8. The number of nitrogens with two attached hydrogens (primary N) is 1. The fourth-order valence-electron chi connectivity index (χ4n) is 2.40. The molecule has 0 radical (unpaired) electrons. The van der Waals surface area contributed by atoms with Gasteiger partial charge in [-0.2, -0.15) is 0 Å². The maximum atomic E-state index is 12.6. The first-order chi connectivity index (χ1) is 12.8. The molecule has 0 aliphatic carbocycles. The van der Waals surface area contributed by atoms with Crippen molar-refractivity contribution in [3.05, 3.63) is 70.4 Å². The third-order valence-corrected chi connectivity index (χ3v) is 5.65. The molecule has 6 nitrogen and oxygen atoms in total. The molecule has 27 heavy (non-hydrogen) atoms. The van der Waals surface area contributed by atoms with E-state index in [1.165, 1.54) is 34.9 Å². The third kappa shape index (κ3) is 5.51. The molecule has 0 amide bonds. The SMILES string of the molecule is CC(C)n1ccc(CS(=O)(=O)c2ccc(OC/C(=C/F)CN)cc2)cc1=O. The summed E-state index contributed by atoms with van der Waals surface area (Å²) in [6.07, 6.45) is 1.99. The van der Waals surface area contributed by atoms with Crippen molar-refractivity contribution < 1.29 is 17.5 Å². The summed E-state index contributed by atoms with van der Waals surface area (Å²) in [5, 5.41) is 0. The lowest BCUT2D eigenvalue weighted by molar-refractivity contribution is 0.347. The molecule has 0 spiro atoms. The number of hydrogen-bond donors (Lipinski definition) is 1. The van der Waals surface area contributed by atoms with E-state index in [0.29, 0.717) is 23.2 Å². The van der Waals surface area contributed by atoms with E-state index >= 15 is 0 Å². The van der Waals surface area contributed by atoms with Crippen molar-refractivity contribution in [2.45, 2.75) is 30.5 Å². The zero-order valence-electron chi connectivity index (χ0n) is 15.3. The summed E-state index contributed by atoms with van der Waals surface area (Å²) in [6, 6.07) is 8.80. The van der Waals surface area contributed by atoms with Crippen molar-refractivity contribution in [1.29, 1.82) is 0 Å². The Morgan fingerprint density at radius 2 is 1.93 bits per heavy atom. The van der Waals surface area contributed by atoms with Gasteiger partial charge >= 0.3 is 0 Å². The molecule has 0 saturated heterocycles. The van der Waals surface area contributed by atoms with Gasteiger partial charge in [0, 0.05) is 30.4 Å². The summed E-state index contributed by atoms with van der Waals surface area (Å²) in [6.45, 7) is 3.78. The number of ether oxygens (including phenoxy) is 1. The Balaban J connectivity index is 2.12. The van der Waals surface area contributed by atoms with E-state index in [9.17, 15) is 17.6 Å². The summed E-state index contributed by atoms with van der Waals surface area (Å²) in [7, 11) is -3.62. The van der Waals surface area contributed by atoms with E-state index in [1.54, 1.807) is 12.3 Å². The van der Waals surface area contributed by atoms with E-state index in [-0.39, 0.29) is 35.4 Å². The molecule has 2 rings (SSSR count). The predicted octanol–water partition coefficient (Wildman–Crippen LogP) is 2.59. The van der Waals surface area contributed by atoms with Crippen LogP contribution in [0, 0.1) is 0 Å². The van der Waals surface area contributed by atoms with Crippen LogP contribution in [-0.2, 0) is 15.6 Å². The van der Waals surface area contributed by atoms with Crippen LogP contribution in [0.2, 0.25) is 0 Å². The van der Waals surface area contributed by atoms with Crippen molar-refractivity contribution in [2.24, 2.45) is 5.73 Å². The molecule has 0 unspecified atom stereocenters. The minimum atomic E-state index is -3.62. The van der Waals surface area contributed by atoms with Gasteiger partial charge in [0.25, 0.3) is 5.56 Å². The summed E-state index contributed by atoms with van der Waals surface area (Å²) in [5.41, 5.74) is 5.83. The van der Waals surface area contributed by atoms with E-state index in [0.717, 1.165) is 0 Å². The van der Waals surface area contributed by atoms with Crippen LogP contribution in [-0.4, -0.2) is 26.1 Å². The highest BCUT2D eigenvalue weighted by Gasteiger charge is 2.16. The quantitative estimate of drug-likeness (QED) is 0.743. The summed E-state index contributed by atoms with van der Waals surface area (Å²) >= 11 is 0. The molecule has 8 heteroatoms. The molecule has 0 atom stereocenters. The molecule has 146 valence electrons. The molecule has 0 saturated carbocycles. The van der Waals surface area contributed by atoms with Gasteiger partial charge in [0.05, 0.1) is 17.0 Å². The van der Waals surface area contributed by atoms with Crippen molar-refractivity contribution in [3.8, 4) is 5.75 Å². The smallest absolute Gasteiger partial charge is 0.251 e. The molecule has 1 aromatic heterocycles. The molecular formula is C19H23FN2O4S. The summed E-state index contributed by atoms with van der Waals surface area (Å²) < 4.78 is 44.5. The number of pyridine rings is 1. The number of aromatic nitrogens is 1. The fourth-order valence-corrected chi connectivity index (χ4v) is 3.74. The van der Waals surface area contributed by atoms with Gasteiger partial charge in [-0.25, -0.2) is 12.8 Å². The first-order valence-electron chi connectivity index (χ1n) is 8.41. The van der Waals surface area contributed by atoms with E-state index in [4.69, 9.17) is 10.5 Å². The zero-order valence-corrected chi connectivity index (χ0v) is 16.1. The fraction of sp³-hybridized carbons (Fsp3) is 0.316. The average molecular weight is 394 g/mol. The topological polar surface area (TPSA) is 91.4 Å². The molecule has 0 aliphatic heterocycles. The normalized spacial score (nSPS) is 12.4. The predicted molar refractivity (Wildman–Crippen MR) is 102 cm³/mol. The van der Waals surface area contributed by atoms with Crippen molar-refractivity contribution >= 4 is 9.84 Å². The van der Waals surface area contributed by atoms with Gasteiger partial charge in [-0.05, 0) is 49.7 Å². The molecule has 0 aliphatic rings. The van der Waals surface area contributed by atoms with Gasteiger partial charge in [0.2, 0.25) is 0 Å². The van der Waals surface area contributed by atoms with Crippen LogP contribution >= 0.6 is 0 Å². The maximum absolute atomic E-state index is 12.6. The van der Waals surface area contributed by atoms with Crippen LogP contribution in [0.4, 0.5) is 4.39 Å². The Morgan fingerprint density at radius 1 is 1.26 bits per heavy atom. The minimum Gasteiger partial charge on any atom is -0.489 e. The average Bonchev–Trinajstić information content (AvgIpc) is 2.62. The molecule has 1 heterocycles. The van der Waals surface area contributed by atoms with E-state index in [1.807, 2.05) is 13.8 Å². The number of halogens is 1. The summed E-state index contributed by atoms with van der Waals surface area (Å²) in [4.78, 5) is 12.2. The van der Waals surface area contributed by atoms with Gasteiger partial charge in [-0.3, -0.25) is 4.79 Å². The van der Waals surface area contributed by atoms with Gasteiger partial charge in [0.15, 0.2) is 9.84 Å². The standard InChI is InChI=1S/C19H23FN2O4S/c1-14(2)22-8-7-15(9-19(22)23)13-27(24,25)18-5-3-17(4-6-18)26-12-16(10-20)11-21/h3-10,14H,11-13,21H2,1-2H3/b16-10+. The Labute approximate surface area is 158 Å². The van der Waals surface area contributed by atoms with Crippen LogP contribution in [0.1, 0.15) is 25.5 Å². The Kier molecular flexibility index (Phi) is 6.92. The first-order valence-corrected chi connectivity index (χ1v) is 10.1. The maximum Gasteiger partial charge on any atom is 0.251 e. The second-order valence-corrected chi connectivity index (χ2v) is 8.35. The minimum absolute atomic E-state index is 0.00253. The van der Waals surface area contributed by atoms with Gasteiger partial charge in [-0.15, -0.1) is 0 Å². The van der Waals surface area contributed by atoms with Gasteiger partial charge in [0.1, 0.15) is 12.4 Å². The third-order valence-electron chi connectivity index (χ3n) is 3.95. The molecule has 1 aromatic carbocycles. The van der Waals surface area contributed by atoms with Crippen molar-refractivity contribution in [2.75, 3.05) is 13.2 Å². The van der Waals surface area contributed by atoms with Crippen LogP contribution in [0.15, 0.2) is 64.2 Å². The highest BCUT2D eigenvalue weighted by Crippen LogP contribution is 2.20. The molecule has 0 bridgehead atoms. The lowest BCUT2D eigenvalue weighted by Crippen LogP contribution is -2.21. The second-order valence-electron chi connectivity index (χ2n) is 6.36. The number of sulfone groups is 1. The first kappa shape index (κ1) is 20.9. The lowest BCUT2D eigenvalue weighted by atomic mass is 10.3. The zero-order chi connectivity index (χ0) is 20.0. The lowest BCUT2D eigenvalue weighted by Gasteiger charge is -2.11. The monoisotopic (exact) mass is 394 g/mol. The van der Waals surface area contributed by atoms with Crippen LogP contribution < -0.4 is 16.0 Å². The second kappa shape index (κ2) is 8.96. The molecule has 0 fully saturated rings. The summed E-state index contributed by atoms with van der Waals surface area (Å²) in [5.74, 6) is 0.129. The number of hydrogen-bond acceptors (Lipinski definition) is 5. The molecule has 2 aromatic rings. The Morgan fingerprint density at radius 3 is 2.44 bits per heavy atom. The van der Waals surface area contributed by atoms with E-state index in [2.05, 4.69) is 0 Å². The molecule has 2 N–H and O–H groups in total. The van der Waals surface area contributed by atoms with Crippen LogP contribution in [0.3, 0.4) is 0 Å². The van der Waals surface area contributed by atoms with Gasteiger partial charge < -0.3 is 15.0 Å². The highest BCUT2D eigenvalue weighted by molar-refractivity contribution is 7.90. The Hall–Kier alpha value is -2.45. The van der Waals surface area contributed by atoms with Crippen molar-refractivity contribution in [3.63, 3.8) is 0 Å². The number of benzene rings is 1.